The van der Waals surface area contributed by atoms with Crippen molar-refractivity contribution in [3.05, 3.63) is 29.3 Å². The number of carbonyl (C=O) groups excluding carboxylic acids is 1. The van der Waals surface area contributed by atoms with Gasteiger partial charge in [-0.25, -0.2) is 4.79 Å². The predicted octanol–water partition coefficient (Wildman–Crippen LogP) is 4.27. The highest BCUT2D eigenvalue weighted by atomic mass is 19.4. The van der Waals surface area contributed by atoms with Gasteiger partial charge in [-0.3, -0.25) is 4.90 Å². The van der Waals surface area contributed by atoms with E-state index in [2.05, 4.69) is 0 Å². The summed E-state index contributed by atoms with van der Waals surface area (Å²) in [6.45, 7) is 3.95. The minimum atomic E-state index is -4.50. The van der Waals surface area contributed by atoms with E-state index in [1.54, 1.807) is 0 Å². The van der Waals surface area contributed by atoms with Gasteiger partial charge in [-0.05, 0) is 37.5 Å². The van der Waals surface area contributed by atoms with Gasteiger partial charge in [0.1, 0.15) is 0 Å². The Morgan fingerprint density at radius 2 is 2.09 bits per heavy atom. The summed E-state index contributed by atoms with van der Waals surface area (Å²) in [4.78, 5) is 13.6. The monoisotopic (exact) mass is 331 g/mol. The van der Waals surface area contributed by atoms with Crippen LogP contribution in [0.3, 0.4) is 0 Å². The first kappa shape index (κ1) is 17.6. The minimum Gasteiger partial charge on any atom is -0.449 e. The average molecular weight is 331 g/mol. The Morgan fingerprint density at radius 3 is 2.65 bits per heavy atom. The first-order valence-electron chi connectivity index (χ1n) is 7.64. The topological polar surface area (TPSA) is 49.8 Å². The number of hydrogen-bond donors (Lipinski definition) is 1. The second kappa shape index (κ2) is 6.78. The van der Waals surface area contributed by atoms with Gasteiger partial charge < -0.3 is 9.84 Å². The van der Waals surface area contributed by atoms with Gasteiger partial charge in [-0.15, -0.1) is 0 Å². The second-order valence-corrected chi connectivity index (χ2v) is 5.57. The van der Waals surface area contributed by atoms with Crippen molar-refractivity contribution in [2.45, 2.75) is 51.4 Å². The summed E-state index contributed by atoms with van der Waals surface area (Å²) in [5, 5.41) is 10.2. The second-order valence-electron chi connectivity index (χ2n) is 5.57. The van der Waals surface area contributed by atoms with Gasteiger partial charge >= 0.3 is 12.3 Å². The van der Waals surface area contributed by atoms with Gasteiger partial charge in [0.05, 0.1) is 24.0 Å². The fourth-order valence-corrected chi connectivity index (χ4v) is 2.76. The molecule has 23 heavy (non-hydrogen) atoms. The van der Waals surface area contributed by atoms with E-state index in [1.807, 2.05) is 13.8 Å². The van der Waals surface area contributed by atoms with Crippen molar-refractivity contribution in [2.75, 3.05) is 11.5 Å². The molecule has 0 saturated heterocycles. The highest BCUT2D eigenvalue weighted by molar-refractivity contribution is 5.90. The lowest BCUT2D eigenvalue weighted by Gasteiger charge is -2.38. The van der Waals surface area contributed by atoms with E-state index in [-0.39, 0.29) is 30.3 Å². The molecular weight excluding hydrogens is 311 g/mol. The third-order valence-electron chi connectivity index (χ3n) is 3.93. The Balaban J connectivity index is 2.44. The zero-order valence-electron chi connectivity index (χ0n) is 13.1. The molecule has 0 radical (unpaired) electrons. The number of aliphatic hydroxyl groups is 1. The van der Waals surface area contributed by atoms with Gasteiger partial charge in [0.25, 0.3) is 0 Å². The number of nitrogens with zero attached hydrogens (tertiary/aromatic N) is 1. The van der Waals surface area contributed by atoms with E-state index in [4.69, 9.17) is 4.74 Å². The number of fused-ring (bicyclic) bond motifs is 1. The summed E-state index contributed by atoms with van der Waals surface area (Å²) in [5.41, 5.74) is -0.449. The number of ether oxygens (including phenoxy) is 1. The van der Waals surface area contributed by atoms with Gasteiger partial charge in [0, 0.05) is 11.6 Å². The summed E-state index contributed by atoms with van der Waals surface area (Å²) in [6, 6.07) is 2.75. The molecule has 0 fully saturated rings. The maximum Gasteiger partial charge on any atom is 0.416 e. The number of alkyl halides is 3. The lowest BCUT2D eigenvalue weighted by Crippen LogP contribution is -2.45. The Kier molecular flexibility index (Phi) is 5.19. The highest BCUT2D eigenvalue weighted by Crippen LogP contribution is 2.41. The predicted molar refractivity (Wildman–Crippen MR) is 79.2 cm³/mol. The molecule has 0 spiro atoms. The van der Waals surface area contributed by atoms with Crippen LogP contribution in [0.2, 0.25) is 0 Å². The smallest absolute Gasteiger partial charge is 0.416 e. The van der Waals surface area contributed by atoms with Crippen LogP contribution in [0.15, 0.2) is 18.2 Å². The lowest BCUT2D eigenvalue weighted by atomic mass is 9.91. The first-order chi connectivity index (χ1) is 10.8. The average Bonchev–Trinajstić information content (AvgIpc) is 2.51. The Bertz CT molecular complexity index is 574. The third kappa shape index (κ3) is 3.60. The summed E-state index contributed by atoms with van der Waals surface area (Å²) in [5.74, 6) is 0. The van der Waals surface area contributed by atoms with Gasteiger partial charge in [-0.2, -0.15) is 13.2 Å². The van der Waals surface area contributed by atoms with Gasteiger partial charge in [0.15, 0.2) is 0 Å². The molecular formula is C16H20F3NO3. The van der Waals surface area contributed by atoms with Gasteiger partial charge in [-0.1, -0.05) is 13.8 Å². The molecule has 0 aliphatic carbocycles. The number of anilines is 1. The zero-order chi connectivity index (χ0) is 17.2. The molecule has 0 bridgehead atoms. The van der Waals surface area contributed by atoms with Crippen molar-refractivity contribution in [1.82, 2.24) is 0 Å². The Morgan fingerprint density at radius 1 is 1.39 bits per heavy atom. The molecule has 2 rings (SSSR count). The van der Waals surface area contributed by atoms with Crippen molar-refractivity contribution in [3.8, 4) is 0 Å². The van der Waals surface area contributed by atoms with Crippen LogP contribution in [0.25, 0.3) is 0 Å². The van der Waals surface area contributed by atoms with E-state index in [1.165, 1.54) is 11.0 Å². The molecule has 2 atom stereocenters. The van der Waals surface area contributed by atoms with E-state index >= 15 is 0 Å². The number of hydrogen-bond acceptors (Lipinski definition) is 3. The van der Waals surface area contributed by atoms with Crippen molar-refractivity contribution in [1.29, 1.82) is 0 Å². The molecule has 1 amide bonds. The fourth-order valence-electron chi connectivity index (χ4n) is 2.76. The van der Waals surface area contributed by atoms with E-state index in [0.29, 0.717) is 12.8 Å². The quantitative estimate of drug-likeness (QED) is 0.899. The van der Waals surface area contributed by atoms with Crippen molar-refractivity contribution in [2.24, 2.45) is 0 Å². The van der Waals surface area contributed by atoms with E-state index in [0.717, 1.165) is 12.1 Å². The summed E-state index contributed by atoms with van der Waals surface area (Å²) >= 11 is 0. The SMILES string of the molecule is CCCOC(=O)N1c2ccc(C(F)(F)F)cc2C(O)CC1CC. The summed E-state index contributed by atoms with van der Waals surface area (Å²) in [7, 11) is 0. The van der Waals surface area contributed by atoms with Crippen molar-refractivity contribution < 1.29 is 27.8 Å². The van der Waals surface area contributed by atoms with Crippen LogP contribution in [0.4, 0.5) is 23.7 Å². The maximum atomic E-state index is 12.9. The van der Waals surface area contributed by atoms with Crippen LogP contribution in [-0.2, 0) is 10.9 Å². The standard InChI is InChI=1S/C16H20F3NO3/c1-3-7-23-15(22)20-11(4-2)9-14(21)12-8-10(16(17,18)19)5-6-13(12)20/h5-6,8,11,14,21H,3-4,7,9H2,1-2H3. The largest absolute Gasteiger partial charge is 0.449 e. The van der Waals surface area contributed by atoms with E-state index < -0.39 is 23.9 Å². The molecule has 1 aliphatic rings. The Hall–Kier alpha value is -1.76. The highest BCUT2D eigenvalue weighted by Gasteiger charge is 2.38. The van der Waals surface area contributed by atoms with Gasteiger partial charge in [0.2, 0.25) is 0 Å². The molecule has 4 nitrogen and oxygen atoms in total. The molecule has 1 heterocycles. The number of benzene rings is 1. The van der Waals surface area contributed by atoms with Crippen LogP contribution in [0.5, 0.6) is 0 Å². The summed E-state index contributed by atoms with van der Waals surface area (Å²) in [6.07, 6.45) is -4.72. The minimum absolute atomic E-state index is 0.109. The van der Waals surface area contributed by atoms with Crippen LogP contribution in [-0.4, -0.2) is 23.8 Å². The number of aliphatic hydroxyl groups excluding tert-OH is 1. The Labute approximate surface area is 132 Å². The number of rotatable bonds is 3. The molecule has 1 aliphatic heterocycles. The zero-order valence-corrected chi connectivity index (χ0v) is 13.1. The third-order valence-corrected chi connectivity index (χ3v) is 3.93. The molecule has 1 N–H and O–H groups in total. The molecule has 1 aromatic rings. The summed E-state index contributed by atoms with van der Waals surface area (Å²) < 4.78 is 43.7. The number of carbonyl (C=O) groups is 1. The normalized spacial score (nSPS) is 21.0. The van der Waals surface area contributed by atoms with Crippen molar-refractivity contribution >= 4 is 11.8 Å². The van der Waals surface area contributed by atoms with Crippen LogP contribution >= 0.6 is 0 Å². The van der Waals surface area contributed by atoms with Crippen LogP contribution in [0.1, 0.15) is 50.3 Å². The first-order valence-corrected chi connectivity index (χ1v) is 7.64. The molecule has 7 heteroatoms. The van der Waals surface area contributed by atoms with Crippen molar-refractivity contribution in [3.63, 3.8) is 0 Å². The van der Waals surface area contributed by atoms with Crippen LogP contribution in [0, 0.1) is 0 Å². The van der Waals surface area contributed by atoms with Crippen LogP contribution < -0.4 is 4.90 Å². The fraction of sp³-hybridized carbons (Fsp3) is 0.562. The molecule has 0 aromatic heterocycles. The molecule has 0 saturated carbocycles. The lowest BCUT2D eigenvalue weighted by molar-refractivity contribution is -0.137. The number of halogens is 3. The van der Waals surface area contributed by atoms with E-state index in [9.17, 15) is 23.1 Å². The molecule has 2 unspecified atom stereocenters. The number of amides is 1. The maximum absolute atomic E-state index is 12.9. The molecule has 128 valence electrons. The molecule has 1 aromatic carbocycles.